The molecular formula is C34H24N3OPS. The molecule has 6 heteroatoms. The van der Waals surface area contributed by atoms with E-state index in [1.165, 1.54) is 4.70 Å². The lowest BCUT2D eigenvalue weighted by Gasteiger charge is -2.29. The van der Waals surface area contributed by atoms with Crippen LogP contribution in [-0.2, 0) is 11.0 Å². The molecule has 0 amide bonds. The SMILES string of the molecule is CCc1nc2cccc3c2n1-c1ccc(-c2ccc(-c4nc5ccccc5s4)cc2)cc1P3(=O)c1ccccc1. The van der Waals surface area contributed by atoms with Gasteiger partial charge in [0.2, 0.25) is 0 Å². The molecule has 1 atom stereocenters. The number of hydrogen-bond donors (Lipinski definition) is 0. The number of nitrogens with zero attached hydrogens (tertiary/aromatic N) is 3. The minimum absolute atomic E-state index is 0.790. The van der Waals surface area contributed by atoms with Gasteiger partial charge in [0.05, 0.1) is 26.9 Å². The first-order valence-electron chi connectivity index (χ1n) is 13.4. The molecule has 1 aliphatic rings. The Bertz CT molecular complexity index is 2090. The third-order valence-electron chi connectivity index (χ3n) is 7.81. The van der Waals surface area contributed by atoms with Gasteiger partial charge in [0.1, 0.15) is 10.8 Å². The minimum Gasteiger partial charge on any atom is -0.308 e. The first kappa shape index (κ1) is 23.6. The Morgan fingerprint density at radius 2 is 1.43 bits per heavy atom. The van der Waals surface area contributed by atoms with E-state index in [2.05, 4.69) is 66.1 Å². The Morgan fingerprint density at radius 1 is 0.700 bits per heavy atom. The predicted octanol–water partition coefficient (Wildman–Crippen LogP) is 7.48. The monoisotopic (exact) mass is 553 g/mol. The Labute approximate surface area is 236 Å². The van der Waals surface area contributed by atoms with Crippen molar-refractivity contribution in [2.75, 3.05) is 0 Å². The standard InChI is InChI=1S/C34H24N3OPS/c1-2-32-35-27-12-8-13-29-33(27)37(32)28-20-19-24(21-30(28)39(29,38)25-9-4-3-5-10-25)22-15-17-23(18-16-22)34-36-26-11-6-7-14-31(26)40-34/h3-21H,2H2,1H3. The van der Waals surface area contributed by atoms with Crippen molar-refractivity contribution in [2.45, 2.75) is 13.3 Å². The number of aryl methyl sites for hydroxylation is 1. The zero-order valence-electron chi connectivity index (χ0n) is 21.8. The molecule has 0 N–H and O–H groups in total. The molecule has 5 aromatic carbocycles. The van der Waals surface area contributed by atoms with Crippen LogP contribution < -0.4 is 15.9 Å². The van der Waals surface area contributed by atoms with Crippen molar-refractivity contribution in [1.82, 2.24) is 14.5 Å². The predicted molar refractivity (Wildman–Crippen MR) is 167 cm³/mol. The van der Waals surface area contributed by atoms with E-state index >= 15 is 4.57 Å². The molecule has 40 heavy (non-hydrogen) atoms. The molecule has 0 bridgehead atoms. The van der Waals surface area contributed by atoms with Crippen molar-refractivity contribution in [1.29, 1.82) is 0 Å². The van der Waals surface area contributed by atoms with Crippen molar-refractivity contribution >= 4 is 55.6 Å². The number of rotatable bonds is 4. The second kappa shape index (κ2) is 8.85. The van der Waals surface area contributed by atoms with Crippen LogP contribution in [0.4, 0.5) is 0 Å². The summed E-state index contributed by atoms with van der Waals surface area (Å²) in [6.07, 6.45) is 0.790. The van der Waals surface area contributed by atoms with Crippen molar-refractivity contribution in [3.05, 3.63) is 121 Å². The second-order valence-corrected chi connectivity index (χ2v) is 13.8. The van der Waals surface area contributed by atoms with Gasteiger partial charge >= 0.3 is 0 Å². The summed E-state index contributed by atoms with van der Waals surface area (Å²) >= 11 is 1.71. The molecule has 4 nitrogen and oxygen atoms in total. The summed E-state index contributed by atoms with van der Waals surface area (Å²) in [4.78, 5) is 9.75. The average Bonchev–Trinajstić information content (AvgIpc) is 3.62. The summed E-state index contributed by atoms with van der Waals surface area (Å²) in [7, 11) is -3.15. The van der Waals surface area contributed by atoms with E-state index in [4.69, 9.17) is 9.97 Å². The van der Waals surface area contributed by atoms with E-state index in [1.807, 2.05) is 60.7 Å². The summed E-state index contributed by atoms with van der Waals surface area (Å²) in [5, 5.41) is 3.58. The van der Waals surface area contributed by atoms with E-state index in [0.717, 1.165) is 72.1 Å². The van der Waals surface area contributed by atoms with Crippen molar-refractivity contribution < 1.29 is 4.57 Å². The fourth-order valence-electron chi connectivity index (χ4n) is 5.90. The smallest absolute Gasteiger partial charge is 0.175 e. The zero-order valence-corrected chi connectivity index (χ0v) is 23.5. The van der Waals surface area contributed by atoms with Crippen LogP contribution in [0, 0.1) is 0 Å². The van der Waals surface area contributed by atoms with Gasteiger partial charge in [0.25, 0.3) is 0 Å². The number of benzene rings is 5. The number of fused-ring (bicyclic) bond motifs is 3. The van der Waals surface area contributed by atoms with Gasteiger partial charge in [-0.15, -0.1) is 11.3 Å². The van der Waals surface area contributed by atoms with Crippen LogP contribution in [0.3, 0.4) is 0 Å². The topological polar surface area (TPSA) is 47.8 Å². The molecule has 0 saturated heterocycles. The largest absolute Gasteiger partial charge is 0.308 e. The highest BCUT2D eigenvalue weighted by molar-refractivity contribution is 7.86. The molecule has 3 heterocycles. The highest BCUT2D eigenvalue weighted by atomic mass is 32.1. The molecule has 0 aliphatic carbocycles. The van der Waals surface area contributed by atoms with Gasteiger partial charge in [-0.25, -0.2) is 9.97 Å². The molecule has 0 saturated carbocycles. The van der Waals surface area contributed by atoms with Crippen LogP contribution >= 0.6 is 18.5 Å². The first-order chi connectivity index (χ1) is 19.6. The van der Waals surface area contributed by atoms with E-state index in [0.29, 0.717) is 0 Å². The Kier molecular flexibility index (Phi) is 5.22. The van der Waals surface area contributed by atoms with Crippen LogP contribution in [0.5, 0.6) is 0 Å². The number of hydrogen-bond acceptors (Lipinski definition) is 4. The van der Waals surface area contributed by atoms with Crippen LogP contribution in [0.1, 0.15) is 12.7 Å². The van der Waals surface area contributed by atoms with Gasteiger partial charge in [-0.2, -0.15) is 0 Å². The highest BCUT2D eigenvalue weighted by Crippen LogP contribution is 2.50. The van der Waals surface area contributed by atoms with Gasteiger partial charge in [-0.1, -0.05) is 85.8 Å². The van der Waals surface area contributed by atoms with Crippen molar-refractivity contribution in [3.8, 4) is 27.4 Å². The van der Waals surface area contributed by atoms with Gasteiger partial charge in [0.15, 0.2) is 7.14 Å². The average molecular weight is 554 g/mol. The van der Waals surface area contributed by atoms with E-state index in [9.17, 15) is 0 Å². The summed E-state index contributed by atoms with van der Waals surface area (Å²) in [6.45, 7) is 2.12. The van der Waals surface area contributed by atoms with Crippen LogP contribution in [0.2, 0.25) is 0 Å². The normalized spacial score (nSPS) is 15.9. The fraction of sp³-hybridized carbons (Fsp3) is 0.0588. The Hall–Kier alpha value is -4.31. The quantitative estimate of drug-likeness (QED) is 0.212. The molecule has 0 spiro atoms. The Balaban J connectivity index is 1.31. The van der Waals surface area contributed by atoms with Crippen LogP contribution in [-0.4, -0.2) is 14.5 Å². The summed E-state index contributed by atoms with van der Waals surface area (Å²) in [6, 6.07) is 39.1. The van der Waals surface area contributed by atoms with E-state index < -0.39 is 7.14 Å². The molecule has 1 unspecified atom stereocenters. The van der Waals surface area contributed by atoms with Crippen molar-refractivity contribution in [3.63, 3.8) is 0 Å². The molecule has 7 aromatic rings. The molecule has 0 radical (unpaired) electrons. The number of imidazole rings is 1. The maximum Gasteiger partial charge on any atom is 0.175 e. The summed E-state index contributed by atoms with van der Waals surface area (Å²) in [5.74, 6) is 0.982. The van der Waals surface area contributed by atoms with E-state index in [-0.39, 0.29) is 0 Å². The first-order valence-corrected chi connectivity index (χ1v) is 16.0. The van der Waals surface area contributed by atoms with Gasteiger partial charge in [-0.3, -0.25) is 4.57 Å². The third-order valence-corrected chi connectivity index (χ3v) is 12.0. The van der Waals surface area contributed by atoms with E-state index in [1.54, 1.807) is 11.3 Å². The third kappa shape index (κ3) is 3.35. The minimum atomic E-state index is -3.15. The maximum absolute atomic E-state index is 15.4. The van der Waals surface area contributed by atoms with Crippen LogP contribution in [0.25, 0.3) is 48.6 Å². The van der Waals surface area contributed by atoms with Gasteiger partial charge in [-0.05, 0) is 47.5 Å². The molecule has 8 rings (SSSR count). The molecular weight excluding hydrogens is 529 g/mol. The van der Waals surface area contributed by atoms with Gasteiger partial charge < -0.3 is 4.57 Å². The maximum atomic E-state index is 15.4. The summed E-state index contributed by atoms with van der Waals surface area (Å²) in [5.41, 5.74) is 7.06. The number of thiazole rings is 1. The zero-order chi connectivity index (χ0) is 26.8. The number of aromatic nitrogens is 3. The molecule has 2 aromatic heterocycles. The molecule has 1 aliphatic heterocycles. The Morgan fingerprint density at radius 3 is 2.23 bits per heavy atom. The number of para-hydroxylation sites is 2. The second-order valence-electron chi connectivity index (χ2n) is 10.1. The molecule has 192 valence electrons. The lowest BCUT2D eigenvalue weighted by molar-refractivity contribution is 0.592. The van der Waals surface area contributed by atoms with Crippen molar-refractivity contribution in [2.24, 2.45) is 0 Å². The highest BCUT2D eigenvalue weighted by Gasteiger charge is 2.39. The van der Waals surface area contributed by atoms with Gasteiger partial charge in [0, 0.05) is 27.9 Å². The lowest BCUT2D eigenvalue weighted by Crippen LogP contribution is -2.33. The lowest BCUT2D eigenvalue weighted by atomic mass is 10.0. The summed E-state index contributed by atoms with van der Waals surface area (Å²) < 4.78 is 18.8. The molecule has 0 fully saturated rings. The fourth-order valence-corrected chi connectivity index (χ4v) is 9.90. The van der Waals surface area contributed by atoms with Crippen LogP contribution in [0.15, 0.2) is 115 Å².